The van der Waals surface area contributed by atoms with Crippen molar-refractivity contribution in [2.45, 2.75) is 0 Å². The van der Waals surface area contributed by atoms with Crippen molar-refractivity contribution in [1.29, 1.82) is 0 Å². The van der Waals surface area contributed by atoms with Gasteiger partial charge in [-0.15, -0.1) is 16.9 Å². The number of rotatable bonds is 3. The van der Waals surface area contributed by atoms with E-state index < -0.39 is 5.95 Å². The van der Waals surface area contributed by atoms with Crippen molar-refractivity contribution in [3.63, 3.8) is 0 Å². The van der Waals surface area contributed by atoms with Crippen LogP contribution in [0, 0.1) is 0 Å². The first kappa shape index (κ1) is 7.74. The summed E-state index contributed by atoms with van der Waals surface area (Å²) in [6.07, 6.45) is 4.22. The second-order valence-electron chi connectivity index (χ2n) is 1.85. The molecule has 0 saturated heterocycles. The summed E-state index contributed by atoms with van der Waals surface area (Å²) in [6.45, 7) is 4.01. The fourth-order valence-corrected chi connectivity index (χ4v) is 0.564. The van der Waals surface area contributed by atoms with Gasteiger partial charge in [-0.25, -0.2) is 5.43 Å². The SMILES string of the molecule is C=CCNN1N=CC=C(F)N1. The summed E-state index contributed by atoms with van der Waals surface area (Å²) in [6, 6.07) is 0. The molecular weight excluding hydrogens is 147 g/mol. The first-order valence-corrected chi connectivity index (χ1v) is 3.14. The topological polar surface area (TPSA) is 39.7 Å². The number of nitrogens with zero attached hydrogens (tertiary/aromatic N) is 2. The number of nitrogens with one attached hydrogen (secondary N) is 2. The Balaban J connectivity index is 2.33. The molecule has 0 aromatic rings. The summed E-state index contributed by atoms with van der Waals surface area (Å²) in [4.78, 5) is 0. The fourth-order valence-electron chi connectivity index (χ4n) is 0.564. The highest BCUT2D eigenvalue weighted by Crippen LogP contribution is 1.95. The first-order chi connectivity index (χ1) is 5.33. The molecule has 2 N–H and O–H groups in total. The molecule has 0 saturated carbocycles. The van der Waals surface area contributed by atoms with Crippen molar-refractivity contribution < 1.29 is 4.39 Å². The van der Waals surface area contributed by atoms with Gasteiger partial charge in [0.15, 0.2) is 0 Å². The maximum Gasteiger partial charge on any atom is 0.209 e. The van der Waals surface area contributed by atoms with E-state index in [-0.39, 0.29) is 0 Å². The quantitative estimate of drug-likeness (QED) is 0.456. The minimum atomic E-state index is -0.448. The third kappa shape index (κ3) is 2.38. The van der Waals surface area contributed by atoms with Crippen LogP contribution in [-0.4, -0.2) is 18.0 Å². The summed E-state index contributed by atoms with van der Waals surface area (Å²) >= 11 is 0. The zero-order chi connectivity index (χ0) is 8.10. The highest BCUT2D eigenvalue weighted by Gasteiger charge is 2.03. The predicted molar refractivity (Wildman–Crippen MR) is 40.9 cm³/mol. The van der Waals surface area contributed by atoms with Crippen molar-refractivity contribution in [2.24, 2.45) is 5.10 Å². The van der Waals surface area contributed by atoms with E-state index >= 15 is 0 Å². The molecule has 60 valence electrons. The molecule has 1 heterocycles. The molecule has 0 aromatic carbocycles. The molecule has 1 aliphatic rings. The Kier molecular flexibility index (Phi) is 2.62. The molecule has 11 heavy (non-hydrogen) atoms. The Morgan fingerprint density at radius 2 is 2.73 bits per heavy atom. The van der Waals surface area contributed by atoms with Gasteiger partial charge in [0, 0.05) is 12.6 Å². The Morgan fingerprint density at radius 3 is 3.36 bits per heavy atom. The van der Waals surface area contributed by atoms with Crippen LogP contribution in [-0.2, 0) is 0 Å². The second-order valence-corrected chi connectivity index (χ2v) is 1.85. The number of hydrazone groups is 1. The van der Waals surface area contributed by atoms with E-state index in [9.17, 15) is 4.39 Å². The third-order valence-electron chi connectivity index (χ3n) is 1.00. The van der Waals surface area contributed by atoms with Gasteiger partial charge in [-0.2, -0.15) is 9.82 Å². The smallest absolute Gasteiger partial charge is 0.209 e. The van der Waals surface area contributed by atoms with Crippen molar-refractivity contribution in [1.82, 2.24) is 16.1 Å². The van der Waals surface area contributed by atoms with Gasteiger partial charge in [0.1, 0.15) is 0 Å². The number of halogens is 1. The maximum absolute atomic E-state index is 12.4. The van der Waals surface area contributed by atoms with E-state index in [2.05, 4.69) is 22.5 Å². The largest absolute Gasteiger partial charge is 0.242 e. The van der Waals surface area contributed by atoms with Gasteiger partial charge < -0.3 is 0 Å². The van der Waals surface area contributed by atoms with Crippen molar-refractivity contribution in [2.75, 3.05) is 6.54 Å². The summed E-state index contributed by atoms with van der Waals surface area (Å²) in [5.74, 6) is -0.448. The van der Waals surface area contributed by atoms with Gasteiger partial charge in [0.05, 0.1) is 6.21 Å². The Bertz CT molecular complexity index is 199. The van der Waals surface area contributed by atoms with Crippen LogP contribution < -0.4 is 10.9 Å². The van der Waals surface area contributed by atoms with Crippen LogP contribution in [0.15, 0.2) is 29.8 Å². The van der Waals surface area contributed by atoms with Crippen LogP contribution in [0.1, 0.15) is 0 Å². The van der Waals surface area contributed by atoms with E-state index in [0.29, 0.717) is 6.54 Å². The van der Waals surface area contributed by atoms with E-state index in [1.807, 2.05) is 0 Å². The summed E-state index contributed by atoms with van der Waals surface area (Å²) in [7, 11) is 0. The van der Waals surface area contributed by atoms with Crippen molar-refractivity contribution >= 4 is 6.21 Å². The predicted octanol–water partition coefficient (Wildman–Crippen LogP) is 0.294. The van der Waals surface area contributed by atoms with Crippen LogP contribution >= 0.6 is 0 Å². The lowest BCUT2D eigenvalue weighted by Crippen LogP contribution is -2.44. The van der Waals surface area contributed by atoms with Crippen LogP contribution in [0.3, 0.4) is 0 Å². The lowest BCUT2D eigenvalue weighted by molar-refractivity contribution is 0.128. The molecule has 0 spiro atoms. The maximum atomic E-state index is 12.4. The van der Waals surface area contributed by atoms with Crippen LogP contribution in [0.25, 0.3) is 0 Å². The zero-order valence-electron chi connectivity index (χ0n) is 5.92. The minimum Gasteiger partial charge on any atom is -0.242 e. The molecule has 0 atom stereocenters. The van der Waals surface area contributed by atoms with Gasteiger partial charge in [-0.05, 0) is 0 Å². The van der Waals surface area contributed by atoms with E-state index in [0.717, 1.165) is 0 Å². The molecule has 0 unspecified atom stereocenters. The molecule has 4 nitrogen and oxygen atoms in total. The van der Waals surface area contributed by atoms with Crippen molar-refractivity contribution in [3.8, 4) is 0 Å². The van der Waals surface area contributed by atoms with Crippen LogP contribution in [0.4, 0.5) is 4.39 Å². The standard InChI is InChI=1S/C6H9FN4/c1-2-4-8-11-9-5-3-6(7)10-11/h2-3,5,8,10H,1,4H2. The van der Waals surface area contributed by atoms with Gasteiger partial charge >= 0.3 is 0 Å². The molecule has 1 rings (SSSR count). The Hall–Kier alpha value is -1.36. The van der Waals surface area contributed by atoms with E-state index in [1.54, 1.807) is 6.08 Å². The van der Waals surface area contributed by atoms with Crippen LogP contribution in [0.2, 0.25) is 0 Å². The minimum absolute atomic E-state index is 0.448. The summed E-state index contributed by atoms with van der Waals surface area (Å²) < 4.78 is 12.4. The highest BCUT2D eigenvalue weighted by molar-refractivity contribution is 5.71. The first-order valence-electron chi connectivity index (χ1n) is 3.14. The van der Waals surface area contributed by atoms with Gasteiger partial charge in [0.25, 0.3) is 0 Å². The average Bonchev–Trinajstić information content (AvgIpc) is 2.01. The lowest BCUT2D eigenvalue weighted by atomic mass is 10.6. The summed E-state index contributed by atoms with van der Waals surface area (Å²) in [5.41, 5.74) is 5.05. The molecule has 0 amide bonds. The Labute approximate surface area is 64.0 Å². The Morgan fingerprint density at radius 1 is 1.91 bits per heavy atom. The van der Waals surface area contributed by atoms with Crippen molar-refractivity contribution in [3.05, 3.63) is 24.7 Å². The molecule has 0 fully saturated rings. The lowest BCUT2D eigenvalue weighted by Gasteiger charge is -2.20. The molecule has 5 heteroatoms. The van der Waals surface area contributed by atoms with Crippen LogP contribution in [0.5, 0.6) is 0 Å². The third-order valence-corrected chi connectivity index (χ3v) is 1.00. The molecule has 0 radical (unpaired) electrons. The number of allylic oxidation sites excluding steroid dienone is 1. The molecule has 0 bridgehead atoms. The highest BCUT2D eigenvalue weighted by atomic mass is 19.1. The number of hydrogen-bond acceptors (Lipinski definition) is 4. The van der Waals surface area contributed by atoms with Gasteiger partial charge in [0.2, 0.25) is 5.95 Å². The molecule has 1 aliphatic heterocycles. The van der Waals surface area contributed by atoms with Gasteiger partial charge in [-0.1, -0.05) is 6.08 Å². The fraction of sp³-hybridized carbons (Fsp3) is 0.167. The summed E-state index contributed by atoms with van der Waals surface area (Å²) in [5, 5.41) is 4.92. The van der Waals surface area contributed by atoms with E-state index in [1.165, 1.54) is 17.5 Å². The molecule has 0 aliphatic carbocycles. The average molecular weight is 156 g/mol. The second kappa shape index (κ2) is 3.72. The van der Waals surface area contributed by atoms with Gasteiger partial charge in [-0.3, -0.25) is 0 Å². The number of hydrogen-bond donors (Lipinski definition) is 2. The monoisotopic (exact) mass is 156 g/mol. The molecular formula is C6H9FN4. The van der Waals surface area contributed by atoms with E-state index in [4.69, 9.17) is 0 Å². The zero-order valence-corrected chi connectivity index (χ0v) is 5.92. The normalized spacial score (nSPS) is 15.7. The number of hydrazine groups is 2. The molecule has 0 aromatic heterocycles.